The maximum absolute atomic E-state index is 13.2. The van der Waals surface area contributed by atoms with Crippen LogP contribution in [-0.2, 0) is 4.79 Å². The summed E-state index contributed by atoms with van der Waals surface area (Å²) in [6.07, 6.45) is -0.0756. The molecule has 19 heavy (non-hydrogen) atoms. The maximum Gasteiger partial charge on any atom is 0.305 e. The Labute approximate surface area is 110 Å². The van der Waals surface area contributed by atoms with Crippen molar-refractivity contribution in [1.82, 2.24) is 0 Å². The molecule has 0 aliphatic rings. The lowest BCUT2D eigenvalue weighted by atomic mass is 10.1. The number of aliphatic carboxylic acids is 1. The standard InChI is InChI=1S/C13H17FN2O3/c1-8(2)16(6-5-12(17)18)11-4-3-9(14)7-10(11)13(15)19/h3-4,7-8H,5-6H2,1-2H3,(H2,15,19)(H,17,18). The Morgan fingerprint density at radius 1 is 1.42 bits per heavy atom. The van der Waals surface area contributed by atoms with E-state index >= 15 is 0 Å². The summed E-state index contributed by atoms with van der Waals surface area (Å²) in [5.74, 6) is -2.23. The van der Waals surface area contributed by atoms with Crippen LogP contribution in [0.1, 0.15) is 30.6 Å². The monoisotopic (exact) mass is 268 g/mol. The Balaban J connectivity index is 3.14. The number of nitrogens with zero attached hydrogens (tertiary/aromatic N) is 1. The zero-order valence-corrected chi connectivity index (χ0v) is 10.9. The average molecular weight is 268 g/mol. The van der Waals surface area contributed by atoms with Crippen LogP contribution in [0.2, 0.25) is 0 Å². The summed E-state index contributed by atoms with van der Waals surface area (Å²) in [4.78, 5) is 23.7. The van der Waals surface area contributed by atoms with Crippen LogP contribution in [0.4, 0.5) is 10.1 Å². The number of hydrogen-bond donors (Lipinski definition) is 2. The number of carbonyl (C=O) groups excluding carboxylic acids is 1. The van der Waals surface area contributed by atoms with Gasteiger partial charge in [0.1, 0.15) is 5.82 Å². The molecule has 6 heteroatoms. The van der Waals surface area contributed by atoms with Gasteiger partial charge in [-0.15, -0.1) is 0 Å². The minimum atomic E-state index is -0.937. The van der Waals surface area contributed by atoms with Crippen molar-refractivity contribution in [2.75, 3.05) is 11.4 Å². The van der Waals surface area contributed by atoms with E-state index in [1.54, 1.807) is 4.90 Å². The molecule has 0 unspecified atom stereocenters. The van der Waals surface area contributed by atoms with E-state index in [0.29, 0.717) is 5.69 Å². The van der Waals surface area contributed by atoms with Crippen molar-refractivity contribution in [3.05, 3.63) is 29.6 Å². The minimum Gasteiger partial charge on any atom is -0.481 e. The molecule has 1 amide bonds. The Hall–Kier alpha value is -2.11. The highest BCUT2D eigenvalue weighted by Crippen LogP contribution is 2.23. The molecule has 0 saturated carbocycles. The number of anilines is 1. The molecule has 104 valence electrons. The van der Waals surface area contributed by atoms with Crippen molar-refractivity contribution >= 4 is 17.6 Å². The highest BCUT2D eigenvalue weighted by molar-refractivity contribution is 5.98. The van der Waals surface area contributed by atoms with E-state index in [2.05, 4.69) is 0 Å². The highest BCUT2D eigenvalue weighted by atomic mass is 19.1. The van der Waals surface area contributed by atoms with E-state index in [-0.39, 0.29) is 24.6 Å². The fraction of sp³-hybridized carbons (Fsp3) is 0.385. The summed E-state index contributed by atoms with van der Waals surface area (Å²) in [5, 5.41) is 8.74. The van der Waals surface area contributed by atoms with E-state index in [9.17, 15) is 14.0 Å². The third-order valence-corrected chi connectivity index (χ3v) is 2.72. The van der Waals surface area contributed by atoms with Gasteiger partial charge in [0, 0.05) is 18.3 Å². The SMILES string of the molecule is CC(C)N(CCC(=O)O)c1ccc(F)cc1C(N)=O. The van der Waals surface area contributed by atoms with Gasteiger partial charge in [0.25, 0.3) is 5.91 Å². The molecule has 0 bridgehead atoms. The number of carboxylic acid groups (broad SMARTS) is 1. The molecule has 0 fully saturated rings. The number of carbonyl (C=O) groups is 2. The van der Waals surface area contributed by atoms with Crippen LogP contribution in [0.15, 0.2) is 18.2 Å². The summed E-state index contributed by atoms with van der Waals surface area (Å²) < 4.78 is 13.2. The number of rotatable bonds is 6. The summed E-state index contributed by atoms with van der Waals surface area (Å²) in [5.41, 5.74) is 5.73. The molecule has 5 nitrogen and oxygen atoms in total. The third-order valence-electron chi connectivity index (χ3n) is 2.72. The van der Waals surface area contributed by atoms with Crippen molar-refractivity contribution in [1.29, 1.82) is 0 Å². The van der Waals surface area contributed by atoms with Gasteiger partial charge in [0.2, 0.25) is 0 Å². The Bertz CT molecular complexity index is 489. The second-order valence-electron chi connectivity index (χ2n) is 4.46. The van der Waals surface area contributed by atoms with Crippen LogP contribution in [0, 0.1) is 5.82 Å². The topological polar surface area (TPSA) is 83.6 Å². The third kappa shape index (κ3) is 3.94. The van der Waals surface area contributed by atoms with Gasteiger partial charge < -0.3 is 15.7 Å². The molecule has 0 spiro atoms. The molecule has 3 N–H and O–H groups in total. The van der Waals surface area contributed by atoms with Gasteiger partial charge in [0.05, 0.1) is 12.0 Å². The van der Waals surface area contributed by atoms with E-state index in [4.69, 9.17) is 10.8 Å². The smallest absolute Gasteiger partial charge is 0.305 e. The average Bonchev–Trinajstić information content (AvgIpc) is 2.29. The molecule has 1 aromatic rings. The summed E-state index contributed by atoms with van der Waals surface area (Å²) >= 11 is 0. The Morgan fingerprint density at radius 3 is 2.53 bits per heavy atom. The fourth-order valence-electron chi connectivity index (χ4n) is 1.83. The van der Waals surface area contributed by atoms with Crippen molar-refractivity contribution in [2.24, 2.45) is 5.73 Å². The molecule has 0 aliphatic heterocycles. The molecule has 0 aromatic heterocycles. The highest BCUT2D eigenvalue weighted by Gasteiger charge is 2.18. The minimum absolute atomic E-state index is 0.0390. The fourth-order valence-corrected chi connectivity index (χ4v) is 1.83. The van der Waals surface area contributed by atoms with Crippen molar-refractivity contribution < 1.29 is 19.1 Å². The number of benzene rings is 1. The van der Waals surface area contributed by atoms with Gasteiger partial charge in [-0.25, -0.2) is 4.39 Å². The van der Waals surface area contributed by atoms with Crippen LogP contribution in [0.25, 0.3) is 0 Å². The number of nitrogens with two attached hydrogens (primary N) is 1. The van der Waals surface area contributed by atoms with Crippen LogP contribution in [0.3, 0.4) is 0 Å². The first-order valence-electron chi connectivity index (χ1n) is 5.90. The lowest BCUT2D eigenvalue weighted by Gasteiger charge is -2.30. The second-order valence-corrected chi connectivity index (χ2v) is 4.46. The first-order valence-corrected chi connectivity index (χ1v) is 5.90. The molecule has 0 aliphatic carbocycles. The molecule has 0 heterocycles. The number of amides is 1. The molecular formula is C13H17FN2O3. The van der Waals surface area contributed by atoms with Gasteiger partial charge in [-0.05, 0) is 32.0 Å². The predicted octanol–water partition coefficient (Wildman–Crippen LogP) is 1.61. The number of carboxylic acids is 1. The quantitative estimate of drug-likeness (QED) is 0.821. The zero-order valence-electron chi connectivity index (χ0n) is 10.9. The lowest BCUT2D eigenvalue weighted by molar-refractivity contribution is -0.136. The molecular weight excluding hydrogens is 251 g/mol. The van der Waals surface area contributed by atoms with Gasteiger partial charge in [-0.2, -0.15) is 0 Å². The second kappa shape index (κ2) is 6.17. The first-order chi connectivity index (χ1) is 8.82. The number of primary amides is 1. The number of halogens is 1. The summed E-state index contributed by atoms with van der Waals surface area (Å²) in [6.45, 7) is 3.94. The van der Waals surface area contributed by atoms with Crippen LogP contribution >= 0.6 is 0 Å². The zero-order chi connectivity index (χ0) is 14.6. The lowest BCUT2D eigenvalue weighted by Crippen LogP contribution is -2.34. The molecule has 1 aromatic carbocycles. The van der Waals surface area contributed by atoms with Crippen molar-refractivity contribution in [3.63, 3.8) is 0 Å². The van der Waals surface area contributed by atoms with Crippen molar-refractivity contribution in [2.45, 2.75) is 26.3 Å². The first kappa shape index (κ1) is 14.9. The van der Waals surface area contributed by atoms with E-state index < -0.39 is 17.7 Å². The molecule has 0 atom stereocenters. The maximum atomic E-state index is 13.2. The van der Waals surface area contributed by atoms with Crippen LogP contribution < -0.4 is 10.6 Å². The van der Waals surface area contributed by atoms with Gasteiger partial charge in [0.15, 0.2) is 0 Å². The summed E-state index contributed by atoms with van der Waals surface area (Å²) in [7, 11) is 0. The summed E-state index contributed by atoms with van der Waals surface area (Å²) in [6, 6.07) is 3.69. The van der Waals surface area contributed by atoms with Gasteiger partial charge >= 0.3 is 5.97 Å². The normalized spacial score (nSPS) is 10.5. The van der Waals surface area contributed by atoms with Gasteiger partial charge in [-0.3, -0.25) is 9.59 Å². The molecule has 0 saturated heterocycles. The molecule has 1 rings (SSSR count). The van der Waals surface area contributed by atoms with E-state index in [1.807, 2.05) is 13.8 Å². The number of hydrogen-bond acceptors (Lipinski definition) is 3. The Morgan fingerprint density at radius 2 is 2.05 bits per heavy atom. The van der Waals surface area contributed by atoms with Crippen LogP contribution in [0.5, 0.6) is 0 Å². The van der Waals surface area contributed by atoms with E-state index in [1.165, 1.54) is 12.1 Å². The predicted molar refractivity (Wildman–Crippen MR) is 69.7 cm³/mol. The largest absolute Gasteiger partial charge is 0.481 e. The van der Waals surface area contributed by atoms with Crippen molar-refractivity contribution in [3.8, 4) is 0 Å². The molecule has 0 radical (unpaired) electrons. The van der Waals surface area contributed by atoms with E-state index in [0.717, 1.165) is 6.07 Å². The Kier molecular flexibility index (Phi) is 4.86. The van der Waals surface area contributed by atoms with Gasteiger partial charge in [-0.1, -0.05) is 0 Å². The van der Waals surface area contributed by atoms with Crippen LogP contribution in [-0.4, -0.2) is 29.6 Å².